The fourth-order valence-electron chi connectivity index (χ4n) is 4.48. The standard InChI is InChI=1S/C25H27F2N3O2/c1-15(2)23(29-24(31)22-19(26)7-5-8-20(22)27)25(32)30-12-10-16(11-13-30)18-14-28-21-9-4-3-6-17(18)21/h3-9,14-16,23,28H,10-13H2,1-2H3,(H,29,31)/t23-/m1/s1. The van der Waals surface area contributed by atoms with E-state index in [1.807, 2.05) is 24.4 Å². The summed E-state index contributed by atoms with van der Waals surface area (Å²) < 4.78 is 28.0. The van der Waals surface area contributed by atoms with Gasteiger partial charge in [0, 0.05) is 30.2 Å². The zero-order chi connectivity index (χ0) is 22.8. The second-order valence-electron chi connectivity index (χ2n) is 8.68. The smallest absolute Gasteiger partial charge is 0.257 e. The van der Waals surface area contributed by atoms with Crippen LogP contribution >= 0.6 is 0 Å². The highest BCUT2D eigenvalue weighted by molar-refractivity contribution is 5.98. The van der Waals surface area contributed by atoms with Crippen molar-refractivity contribution in [3.63, 3.8) is 0 Å². The molecule has 168 valence electrons. The second-order valence-corrected chi connectivity index (χ2v) is 8.68. The first-order chi connectivity index (χ1) is 15.4. The number of nitrogens with zero attached hydrogens (tertiary/aromatic N) is 1. The summed E-state index contributed by atoms with van der Waals surface area (Å²) in [5.74, 6) is -2.92. The van der Waals surface area contributed by atoms with Gasteiger partial charge in [-0.05, 0) is 48.4 Å². The molecule has 0 saturated carbocycles. The average Bonchev–Trinajstić information content (AvgIpc) is 3.21. The molecule has 0 bridgehead atoms. The Morgan fingerprint density at radius 2 is 1.69 bits per heavy atom. The van der Waals surface area contributed by atoms with Crippen molar-refractivity contribution in [3.05, 3.63) is 71.4 Å². The fourth-order valence-corrected chi connectivity index (χ4v) is 4.48. The van der Waals surface area contributed by atoms with Crippen LogP contribution in [0.4, 0.5) is 8.78 Å². The monoisotopic (exact) mass is 439 g/mol. The van der Waals surface area contributed by atoms with Crippen molar-refractivity contribution in [2.75, 3.05) is 13.1 Å². The van der Waals surface area contributed by atoms with Crippen LogP contribution in [-0.2, 0) is 4.79 Å². The molecule has 4 rings (SSSR count). The molecule has 3 aromatic rings. The van der Waals surface area contributed by atoms with Gasteiger partial charge in [-0.2, -0.15) is 0 Å². The fraction of sp³-hybridized carbons (Fsp3) is 0.360. The SMILES string of the molecule is CC(C)[C@@H](NC(=O)c1c(F)cccc1F)C(=O)N1CCC(c2c[nH]c3ccccc23)CC1. The summed E-state index contributed by atoms with van der Waals surface area (Å²) >= 11 is 0. The van der Waals surface area contributed by atoms with Crippen LogP contribution in [0.5, 0.6) is 0 Å². The number of halogens is 2. The van der Waals surface area contributed by atoms with E-state index >= 15 is 0 Å². The third-order valence-electron chi connectivity index (χ3n) is 6.28. The number of amides is 2. The van der Waals surface area contributed by atoms with Crippen LogP contribution in [0, 0.1) is 17.6 Å². The van der Waals surface area contributed by atoms with E-state index in [9.17, 15) is 18.4 Å². The first kappa shape index (κ1) is 22.0. The second kappa shape index (κ2) is 9.10. The first-order valence-corrected chi connectivity index (χ1v) is 11.0. The van der Waals surface area contributed by atoms with E-state index < -0.39 is 29.1 Å². The molecule has 32 heavy (non-hydrogen) atoms. The van der Waals surface area contributed by atoms with Crippen molar-refractivity contribution in [1.29, 1.82) is 0 Å². The predicted octanol–water partition coefficient (Wildman–Crippen LogP) is 4.61. The topological polar surface area (TPSA) is 65.2 Å². The Balaban J connectivity index is 1.44. The maximum atomic E-state index is 14.0. The summed E-state index contributed by atoms with van der Waals surface area (Å²) in [6.07, 6.45) is 3.68. The molecule has 1 aromatic heterocycles. The van der Waals surface area contributed by atoms with Crippen molar-refractivity contribution in [3.8, 4) is 0 Å². The minimum absolute atomic E-state index is 0.220. The highest BCUT2D eigenvalue weighted by atomic mass is 19.1. The van der Waals surface area contributed by atoms with Crippen LogP contribution in [0.15, 0.2) is 48.7 Å². The summed E-state index contributed by atoms with van der Waals surface area (Å²) in [5, 5.41) is 3.76. The van der Waals surface area contributed by atoms with Crippen molar-refractivity contribution in [1.82, 2.24) is 15.2 Å². The van der Waals surface area contributed by atoms with Crippen LogP contribution in [-0.4, -0.2) is 40.8 Å². The molecular formula is C25H27F2N3O2. The molecule has 7 heteroatoms. The Morgan fingerprint density at radius 1 is 1.03 bits per heavy atom. The molecule has 5 nitrogen and oxygen atoms in total. The summed E-state index contributed by atoms with van der Waals surface area (Å²) in [6.45, 7) is 4.74. The zero-order valence-electron chi connectivity index (χ0n) is 18.2. The molecule has 2 aromatic carbocycles. The molecular weight excluding hydrogens is 412 g/mol. The average molecular weight is 440 g/mol. The molecule has 2 N–H and O–H groups in total. The van der Waals surface area contributed by atoms with Gasteiger partial charge in [-0.1, -0.05) is 38.1 Å². The van der Waals surface area contributed by atoms with E-state index in [0.29, 0.717) is 19.0 Å². The lowest BCUT2D eigenvalue weighted by Crippen LogP contribution is -2.53. The molecule has 0 radical (unpaired) electrons. The van der Waals surface area contributed by atoms with Crippen LogP contribution in [0.3, 0.4) is 0 Å². The van der Waals surface area contributed by atoms with Gasteiger partial charge in [0.2, 0.25) is 5.91 Å². The minimum atomic E-state index is -0.947. The number of rotatable bonds is 5. The number of benzene rings is 2. The van der Waals surface area contributed by atoms with Crippen molar-refractivity contribution in [2.24, 2.45) is 5.92 Å². The number of hydrogen-bond donors (Lipinski definition) is 2. The summed E-state index contributed by atoms with van der Waals surface area (Å²) in [5.41, 5.74) is 1.70. The maximum Gasteiger partial charge on any atom is 0.257 e. The van der Waals surface area contributed by atoms with Gasteiger partial charge in [0.25, 0.3) is 5.91 Å². The molecule has 1 fully saturated rings. The van der Waals surface area contributed by atoms with E-state index in [-0.39, 0.29) is 11.8 Å². The lowest BCUT2D eigenvalue weighted by molar-refractivity contribution is -0.135. The molecule has 1 aliphatic heterocycles. The minimum Gasteiger partial charge on any atom is -0.361 e. The molecule has 0 unspecified atom stereocenters. The molecule has 1 aliphatic rings. The van der Waals surface area contributed by atoms with E-state index in [1.165, 1.54) is 17.0 Å². The highest BCUT2D eigenvalue weighted by Gasteiger charge is 2.33. The number of piperidine rings is 1. The molecule has 1 atom stereocenters. The van der Waals surface area contributed by atoms with Crippen LogP contribution in [0.25, 0.3) is 10.9 Å². The zero-order valence-corrected chi connectivity index (χ0v) is 18.2. The molecule has 1 saturated heterocycles. The van der Waals surface area contributed by atoms with Crippen LogP contribution in [0.1, 0.15) is 48.5 Å². The number of aromatic amines is 1. The predicted molar refractivity (Wildman–Crippen MR) is 119 cm³/mol. The summed E-state index contributed by atoms with van der Waals surface area (Å²) in [6, 6.07) is 10.6. The number of carbonyl (C=O) groups excluding carboxylic acids is 2. The van der Waals surface area contributed by atoms with Gasteiger partial charge in [-0.15, -0.1) is 0 Å². The van der Waals surface area contributed by atoms with Gasteiger partial charge in [0.05, 0.1) is 0 Å². The quantitative estimate of drug-likeness (QED) is 0.610. The van der Waals surface area contributed by atoms with Gasteiger partial charge in [0.1, 0.15) is 23.2 Å². The van der Waals surface area contributed by atoms with Crippen molar-refractivity contribution < 1.29 is 18.4 Å². The Kier molecular flexibility index (Phi) is 6.26. The summed E-state index contributed by atoms with van der Waals surface area (Å²) in [7, 11) is 0. The van der Waals surface area contributed by atoms with Gasteiger partial charge >= 0.3 is 0 Å². The van der Waals surface area contributed by atoms with Crippen molar-refractivity contribution in [2.45, 2.75) is 38.6 Å². The third kappa shape index (κ3) is 4.24. The van der Waals surface area contributed by atoms with Gasteiger partial charge < -0.3 is 15.2 Å². The van der Waals surface area contributed by atoms with E-state index in [4.69, 9.17) is 0 Å². The number of nitrogens with one attached hydrogen (secondary N) is 2. The van der Waals surface area contributed by atoms with Gasteiger partial charge in [0.15, 0.2) is 0 Å². The Labute approximate surface area is 185 Å². The molecule has 0 spiro atoms. The van der Waals surface area contributed by atoms with E-state index in [1.54, 1.807) is 18.7 Å². The number of fused-ring (bicyclic) bond motifs is 1. The maximum absolute atomic E-state index is 14.0. The van der Waals surface area contributed by atoms with Gasteiger partial charge in [-0.3, -0.25) is 9.59 Å². The first-order valence-electron chi connectivity index (χ1n) is 11.0. The Bertz CT molecular complexity index is 1110. The highest BCUT2D eigenvalue weighted by Crippen LogP contribution is 2.33. The van der Waals surface area contributed by atoms with Crippen LogP contribution < -0.4 is 5.32 Å². The summed E-state index contributed by atoms with van der Waals surface area (Å²) in [4.78, 5) is 30.8. The van der Waals surface area contributed by atoms with E-state index in [0.717, 1.165) is 30.5 Å². The number of para-hydroxylation sites is 1. The van der Waals surface area contributed by atoms with E-state index in [2.05, 4.69) is 16.4 Å². The number of carbonyl (C=O) groups is 2. The third-order valence-corrected chi connectivity index (χ3v) is 6.28. The van der Waals surface area contributed by atoms with Crippen LogP contribution in [0.2, 0.25) is 0 Å². The normalized spacial score (nSPS) is 15.8. The number of likely N-dealkylation sites (tertiary alicyclic amines) is 1. The Hall–Kier alpha value is -3.22. The molecule has 0 aliphatic carbocycles. The molecule has 2 heterocycles. The lowest BCUT2D eigenvalue weighted by Gasteiger charge is -2.35. The number of H-pyrrole nitrogens is 1. The number of aromatic nitrogens is 1. The van der Waals surface area contributed by atoms with Gasteiger partial charge in [-0.25, -0.2) is 8.78 Å². The lowest BCUT2D eigenvalue weighted by atomic mass is 9.88. The Morgan fingerprint density at radius 3 is 2.34 bits per heavy atom. The van der Waals surface area contributed by atoms with Crippen molar-refractivity contribution >= 4 is 22.7 Å². The number of hydrogen-bond acceptors (Lipinski definition) is 2. The molecule has 2 amide bonds. The largest absolute Gasteiger partial charge is 0.361 e.